The molecular weight excluding hydrogens is 360 g/mol. The van der Waals surface area contributed by atoms with E-state index in [2.05, 4.69) is 5.32 Å². The maximum Gasteiger partial charge on any atom is 0.258 e. The molecule has 0 spiro atoms. The standard InChI is InChI=1S/C21H22N2O5/c1-23-12-17(20(24)22-11-13-5-7-14(26-2)8-6-13)15-9-18(27-3)19(28-4)10-16(15)21(23)25/h5-10,12H,11H2,1-4H3,(H,22,24). The summed E-state index contributed by atoms with van der Waals surface area (Å²) in [5.41, 5.74) is 1.09. The molecule has 0 bridgehead atoms. The van der Waals surface area contributed by atoms with Crippen molar-refractivity contribution in [1.82, 2.24) is 9.88 Å². The van der Waals surface area contributed by atoms with Crippen molar-refractivity contribution in [2.75, 3.05) is 21.3 Å². The van der Waals surface area contributed by atoms with Crippen LogP contribution in [-0.4, -0.2) is 31.8 Å². The van der Waals surface area contributed by atoms with Gasteiger partial charge in [0, 0.05) is 25.2 Å². The van der Waals surface area contributed by atoms with Crippen LogP contribution >= 0.6 is 0 Å². The van der Waals surface area contributed by atoms with Gasteiger partial charge in [0.05, 0.1) is 32.3 Å². The molecule has 0 aliphatic heterocycles. The molecular formula is C21H22N2O5. The summed E-state index contributed by atoms with van der Waals surface area (Å²) in [6, 6.07) is 10.7. The number of aromatic nitrogens is 1. The SMILES string of the molecule is COc1ccc(CNC(=O)c2cn(C)c(=O)c3cc(OC)c(OC)cc23)cc1. The summed E-state index contributed by atoms with van der Waals surface area (Å²) < 4.78 is 17.1. The summed E-state index contributed by atoms with van der Waals surface area (Å²) in [7, 11) is 6.22. The number of aryl methyl sites for hydroxylation is 1. The molecule has 0 fully saturated rings. The summed E-state index contributed by atoms with van der Waals surface area (Å²) in [6.45, 7) is 0.348. The summed E-state index contributed by atoms with van der Waals surface area (Å²) >= 11 is 0. The van der Waals surface area contributed by atoms with Crippen molar-refractivity contribution < 1.29 is 19.0 Å². The van der Waals surface area contributed by atoms with Gasteiger partial charge in [-0.1, -0.05) is 12.1 Å². The first-order valence-electron chi connectivity index (χ1n) is 8.65. The zero-order chi connectivity index (χ0) is 20.3. The normalized spacial score (nSPS) is 10.6. The van der Waals surface area contributed by atoms with Crippen molar-refractivity contribution in [2.45, 2.75) is 6.54 Å². The maximum atomic E-state index is 12.8. The van der Waals surface area contributed by atoms with E-state index in [0.29, 0.717) is 34.4 Å². The molecule has 3 rings (SSSR count). The fourth-order valence-electron chi connectivity index (χ4n) is 2.99. The average Bonchev–Trinajstić information content (AvgIpc) is 2.73. The third-order valence-corrected chi connectivity index (χ3v) is 4.54. The monoisotopic (exact) mass is 382 g/mol. The molecule has 3 aromatic rings. The number of carbonyl (C=O) groups excluding carboxylic acids is 1. The molecule has 0 aliphatic rings. The van der Waals surface area contributed by atoms with Crippen LogP contribution in [-0.2, 0) is 13.6 Å². The van der Waals surface area contributed by atoms with Gasteiger partial charge in [-0.05, 0) is 29.8 Å². The lowest BCUT2D eigenvalue weighted by Crippen LogP contribution is -2.26. The van der Waals surface area contributed by atoms with E-state index in [9.17, 15) is 9.59 Å². The van der Waals surface area contributed by atoms with E-state index < -0.39 is 0 Å². The topological polar surface area (TPSA) is 78.8 Å². The van der Waals surface area contributed by atoms with Crippen LogP contribution in [0.1, 0.15) is 15.9 Å². The predicted molar refractivity (Wildman–Crippen MR) is 106 cm³/mol. The number of benzene rings is 2. The Labute approximate surface area is 162 Å². The Morgan fingerprint density at radius 3 is 2.14 bits per heavy atom. The Hall–Kier alpha value is -3.48. The highest BCUT2D eigenvalue weighted by atomic mass is 16.5. The van der Waals surface area contributed by atoms with Gasteiger partial charge in [0.25, 0.3) is 11.5 Å². The van der Waals surface area contributed by atoms with E-state index in [1.165, 1.54) is 25.0 Å². The number of pyridine rings is 1. The van der Waals surface area contributed by atoms with Gasteiger partial charge in [0.1, 0.15) is 5.75 Å². The maximum absolute atomic E-state index is 12.8. The first-order valence-corrected chi connectivity index (χ1v) is 8.65. The number of methoxy groups -OCH3 is 3. The first-order chi connectivity index (χ1) is 13.5. The third kappa shape index (κ3) is 3.64. The quantitative estimate of drug-likeness (QED) is 0.709. The fourth-order valence-corrected chi connectivity index (χ4v) is 2.99. The molecule has 0 unspecified atom stereocenters. The van der Waals surface area contributed by atoms with Gasteiger partial charge in [-0.2, -0.15) is 0 Å². The van der Waals surface area contributed by atoms with E-state index in [-0.39, 0.29) is 11.5 Å². The summed E-state index contributed by atoms with van der Waals surface area (Å²) in [5.74, 6) is 1.35. The number of hydrogen-bond donors (Lipinski definition) is 1. The highest BCUT2D eigenvalue weighted by Crippen LogP contribution is 2.32. The number of amides is 1. The lowest BCUT2D eigenvalue weighted by molar-refractivity contribution is 0.0952. The summed E-state index contributed by atoms with van der Waals surface area (Å²) in [6.07, 6.45) is 1.53. The smallest absolute Gasteiger partial charge is 0.258 e. The molecule has 1 amide bonds. The van der Waals surface area contributed by atoms with Gasteiger partial charge in [0.2, 0.25) is 0 Å². The minimum absolute atomic E-state index is 0.220. The van der Waals surface area contributed by atoms with E-state index in [1.807, 2.05) is 24.3 Å². The van der Waals surface area contributed by atoms with Crippen LogP contribution in [0.5, 0.6) is 17.2 Å². The number of rotatable bonds is 6. The van der Waals surface area contributed by atoms with E-state index in [1.54, 1.807) is 26.3 Å². The van der Waals surface area contributed by atoms with Crippen molar-refractivity contribution in [3.8, 4) is 17.2 Å². The lowest BCUT2D eigenvalue weighted by Gasteiger charge is -2.13. The van der Waals surface area contributed by atoms with Crippen LogP contribution in [0.3, 0.4) is 0 Å². The molecule has 0 atom stereocenters. The van der Waals surface area contributed by atoms with Gasteiger partial charge in [-0.3, -0.25) is 9.59 Å². The van der Waals surface area contributed by atoms with Gasteiger partial charge >= 0.3 is 0 Å². The molecule has 0 radical (unpaired) electrons. The third-order valence-electron chi connectivity index (χ3n) is 4.54. The van der Waals surface area contributed by atoms with Crippen LogP contribution in [0, 0.1) is 0 Å². The number of ether oxygens (including phenoxy) is 3. The molecule has 1 aromatic heterocycles. The van der Waals surface area contributed by atoms with Crippen molar-refractivity contribution in [3.63, 3.8) is 0 Å². The van der Waals surface area contributed by atoms with E-state index in [4.69, 9.17) is 14.2 Å². The Morgan fingerprint density at radius 2 is 1.57 bits per heavy atom. The number of fused-ring (bicyclic) bond motifs is 1. The molecule has 28 heavy (non-hydrogen) atoms. The predicted octanol–water partition coefficient (Wildman–Crippen LogP) is 2.49. The van der Waals surface area contributed by atoms with Crippen molar-refractivity contribution in [1.29, 1.82) is 0 Å². The van der Waals surface area contributed by atoms with Crippen LogP contribution in [0.25, 0.3) is 10.8 Å². The van der Waals surface area contributed by atoms with Crippen molar-refractivity contribution in [3.05, 3.63) is 64.1 Å². The van der Waals surface area contributed by atoms with Gasteiger partial charge in [0.15, 0.2) is 11.5 Å². The number of carbonyl (C=O) groups is 1. The highest BCUT2D eigenvalue weighted by molar-refractivity contribution is 6.07. The molecule has 1 heterocycles. The van der Waals surface area contributed by atoms with Gasteiger partial charge in [-0.25, -0.2) is 0 Å². The van der Waals surface area contributed by atoms with Crippen molar-refractivity contribution >= 4 is 16.7 Å². The zero-order valence-corrected chi connectivity index (χ0v) is 16.2. The second kappa shape index (κ2) is 8.04. The number of nitrogens with one attached hydrogen (secondary N) is 1. The molecule has 146 valence electrons. The number of hydrogen-bond acceptors (Lipinski definition) is 5. The Morgan fingerprint density at radius 1 is 0.964 bits per heavy atom. The Balaban J connectivity index is 1.97. The largest absolute Gasteiger partial charge is 0.497 e. The minimum atomic E-state index is -0.288. The van der Waals surface area contributed by atoms with Crippen LogP contribution in [0.4, 0.5) is 0 Å². The molecule has 0 saturated carbocycles. The highest BCUT2D eigenvalue weighted by Gasteiger charge is 2.17. The minimum Gasteiger partial charge on any atom is -0.497 e. The second-order valence-electron chi connectivity index (χ2n) is 6.24. The average molecular weight is 382 g/mol. The molecule has 7 nitrogen and oxygen atoms in total. The van der Waals surface area contributed by atoms with Gasteiger partial charge < -0.3 is 24.1 Å². The Kier molecular flexibility index (Phi) is 5.54. The van der Waals surface area contributed by atoms with Crippen LogP contribution in [0.15, 0.2) is 47.4 Å². The number of nitrogens with zero attached hydrogens (tertiary/aromatic N) is 1. The van der Waals surface area contributed by atoms with Crippen LogP contribution in [0.2, 0.25) is 0 Å². The molecule has 0 aliphatic carbocycles. The lowest BCUT2D eigenvalue weighted by atomic mass is 10.1. The molecule has 1 N–H and O–H groups in total. The fraction of sp³-hybridized carbons (Fsp3) is 0.238. The molecule has 0 saturated heterocycles. The molecule has 7 heteroatoms. The van der Waals surface area contributed by atoms with E-state index in [0.717, 1.165) is 11.3 Å². The summed E-state index contributed by atoms with van der Waals surface area (Å²) in [4.78, 5) is 25.4. The van der Waals surface area contributed by atoms with Crippen LogP contribution < -0.4 is 25.1 Å². The summed E-state index contributed by atoms with van der Waals surface area (Å²) in [5, 5.41) is 3.78. The second-order valence-corrected chi connectivity index (χ2v) is 6.24. The molecule has 2 aromatic carbocycles. The van der Waals surface area contributed by atoms with Gasteiger partial charge in [-0.15, -0.1) is 0 Å². The van der Waals surface area contributed by atoms with Crippen molar-refractivity contribution in [2.24, 2.45) is 7.05 Å². The first kappa shape index (κ1) is 19.3. The zero-order valence-electron chi connectivity index (χ0n) is 16.2. The van der Waals surface area contributed by atoms with E-state index >= 15 is 0 Å². The Bertz CT molecular complexity index is 1070.